The first-order valence-corrected chi connectivity index (χ1v) is 9.19. The van der Waals surface area contributed by atoms with E-state index in [9.17, 15) is 0 Å². The van der Waals surface area contributed by atoms with E-state index in [0.29, 0.717) is 12.0 Å². The van der Waals surface area contributed by atoms with Gasteiger partial charge in [0.05, 0.1) is 19.8 Å². The molecule has 1 atom stereocenters. The first-order chi connectivity index (χ1) is 10.8. The minimum atomic E-state index is 0. The van der Waals surface area contributed by atoms with Crippen LogP contribution >= 0.6 is 24.0 Å². The molecule has 23 heavy (non-hydrogen) atoms. The van der Waals surface area contributed by atoms with E-state index < -0.39 is 0 Å². The fourth-order valence-electron chi connectivity index (χ4n) is 4.13. The van der Waals surface area contributed by atoms with Crippen LogP contribution in [0, 0.1) is 5.92 Å². The molecule has 0 aromatic heterocycles. The summed E-state index contributed by atoms with van der Waals surface area (Å²) in [4.78, 5) is 9.54. The third-order valence-electron chi connectivity index (χ3n) is 5.52. The summed E-state index contributed by atoms with van der Waals surface area (Å²) in [5.41, 5.74) is 6.16. The van der Waals surface area contributed by atoms with E-state index in [1.165, 1.54) is 58.0 Å². The van der Waals surface area contributed by atoms with E-state index in [1.54, 1.807) is 0 Å². The number of aliphatic imine (C=N–C) groups is 1. The molecular weight excluding hydrogens is 403 g/mol. The van der Waals surface area contributed by atoms with Crippen molar-refractivity contribution >= 4 is 29.9 Å². The van der Waals surface area contributed by atoms with Gasteiger partial charge in [0.2, 0.25) is 0 Å². The van der Waals surface area contributed by atoms with E-state index in [2.05, 4.69) is 9.80 Å². The number of morpholine rings is 1. The van der Waals surface area contributed by atoms with E-state index >= 15 is 0 Å². The number of ether oxygens (including phenoxy) is 1. The van der Waals surface area contributed by atoms with Gasteiger partial charge in [-0.25, -0.2) is 0 Å². The standard InChI is InChI=1S/C17H32N4O.HI/c18-17(20-9-11-22-12-10-20)19-13-16-7-4-8-21(16)14-15-5-2-1-3-6-15;/h15-16H,1-14H2,(H2,18,19);1H. The maximum Gasteiger partial charge on any atom is 0.191 e. The Balaban J connectivity index is 0.00000192. The number of likely N-dealkylation sites (tertiary alicyclic amines) is 1. The Hall–Kier alpha value is -0.0800. The van der Waals surface area contributed by atoms with Gasteiger partial charge in [-0.15, -0.1) is 24.0 Å². The largest absolute Gasteiger partial charge is 0.378 e. The second-order valence-corrected chi connectivity index (χ2v) is 7.09. The van der Waals surface area contributed by atoms with Gasteiger partial charge in [-0.1, -0.05) is 19.3 Å². The van der Waals surface area contributed by atoms with Crippen LogP contribution in [0.1, 0.15) is 44.9 Å². The molecule has 0 spiro atoms. The molecule has 2 saturated heterocycles. The molecule has 2 N–H and O–H groups in total. The molecule has 3 aliphatic rings. The monoisotopic (exact) mass is 436 g/mol. The molecule has 1 unspecified atom stereocenters. The van der Waals surface area contributed by atoms with Crippen LogP contribution in [0.5, 0.6) is 0 Å². The molecule has 5 nitrogen and oxygen atoms in total. The van der Waals surface area contributed by atoms with Crippen LogP contribution < -0.4 is 5.73 Å². The van der Waals surface area contributed by atoms with Crippen LogP contribution in [-0.4, -0.2) is 67.7 Å². The SMILES string of the molecule is I.NC(=NCC1CCCN1CC1CCCCC1)N1CCOCC1. The molecule has 1 saturated carbocycles. The normalized spacial score (nSPS) is 27.9. The molecule has 134 valence electrons. The van der Waals surface area contributed by atoms with Crippen molar-refractivity contribution in [1.82, 2.24) is 9.80 Å². The molecule has 2 aliphatic heterocycles. The van der Waals surface area contributed by atoms with Crippen molar-refractivity contribution in [3.05, 3.63) is 0 Å². The van der Waals surface area contributed by atoms with Gasteiger partial charge in [0.1, 0.15) is 0 Å². The van der Waals surface area contributed by atoms with Crippen molar-refractivity contribution < 1.29 is 4.74 Å². The molecule has 1 aliphatic carbocycles. The number of guanidine groups is 1. The van der Waals surface area contributed by atoms with E-state index in [-0.39, 0.29) is 24.0 Å². The van der Waals surface area contributed by atoms with Gasteiger partial charge in [-0.3, -0.25) is 9.89 Å². The zero-order valence-corrected chi connectivity index (χ0v) is 16.6. The van der Waals surface area contributed by atoms with Gasteiger partial charge in [-0.2, -0.15) is 0 Å². The highest BCUT2D eigenvalue weighted by atomic mass is 127. The lowest BCUT2D eigenvalue weighted by Crippen LogP contribution is -2.45. The maximum absolute atomic E-state index is 6.16. The van der Waals surface area contributed by atoms with E-state index in [0.717, 1.165) is 38.8 Å². The molecule has 0 radical (unpaired) electrons. The summed E-state index contributed by atoms with van der Waals surface area (Å²) < 4.78 is 5.37. The fraction of sp³-hybridized carbons (Fsp3) is 0.941. The Bertz CT molecular complexity index is 368. The number of nitrogens with zero attached hydrogens (tertiary/aromatic N) is 3. The van der Waals surface area contributed by atoms with Crippen LogP contribution in [0.15, 0.2) is 4.99 Å². The Morgan fingerprint density at radius 1 is 1.00 bits per heavy atom. The lowest BCUT2D eigenvalue weighted by atomic mass is 9.89. The summed E-state index contributed by atoms with van der Waals surface area (Å²) in [5, 5.41) is 0. The third-order valence-corrected chi connectivity index (χ3v) is 5.52. The average Bonchev–Trinajstić information content (AvgIpc) is 3.01. The van der Waals surface area contributed by atoms with Gasteiger partial charge >= 0.3 is 0 Å². The topological polar surface area (TPSA) is 54.1 Å². The van der Waals surface area contributed by atoms with Crippen molar-refractivity contribution in [1.29, 1.82) is 0 Å². The lowest BCUT2D eigenvalue weighted by molar-refractivity contribution is 0.0673. The highest BCUT2D eigenvalue weighted by molar-refractivity contribution is 14.0. The molecule has 0 amide bonds. The Morgan fingerprint density at radius 2 is 1.74 bits per heavy atom. The highest BCUT2D eigenvalue weighted by Gasteiger charge is 2.27. The number of hydrogen-bond donors (Lipinski definition) is 1. The van der Waals surface area contributed by atoms with Crippen LogP contribution in [0.4, 0.5) is 0 Å². The number of halogens is 1. The first-order valence-electron chi connectivity index (χ1n) is 9.19. The van der Waals surface area contributed by atoms with E-state index in [1.807, 2.05) is 0 Å². The third kappa shape index (κ3) is 5.74. The second kappa shape index (κ2) is 10.0. The molecule has 3 rings (SSSR count). The minimum absolute atomic E-state index is 0. The summed E-state index contributed by atoms with van der Waals surface area (Å²) in [6.45, 7) is 6.72. The lowest BCUT2D eigenvalue weighted by Gasteiger charge is -2.31. The van der Waals surface area contributed by atoms with E-state index in [4.69, 9.17) is 15.5 Å². The Kier molecular flexibility index (Phi) is 8.40. The molecule has 2 heterocycles. The van der Waals surface area contributed by atoms with Crippen LogP contribution in [0.25, 0.3) is 0 Å². The van der Waals surface area contributed by atoms with Crippen molar-refractivity contribution in [3.63, 3.8) is 0 Å². The summed E-state index contributed by atoms with van der Waals surface area (Å²) in [5.74, 6) is 1.64. The predicted molar refractivity (Wildman–Crippen MR) is 105 cm³/mol. The van der Waals surface area contributed by atoms with Crippen molar-refractivity contribution in [2.24, 2.45) is 16.6 Å². The molecule has 0 aromatic carbocycles. The predicted octanol–water partition coefficient (Wildman–Crippen LogP) is 2.30. The molecule has 3 fully saturated rings. The highest BCUT2D eigenvalue weighted by Crippen LogP contribution is 2.27. The smallest absolute Gasteiger partial charge is 0.191 e. The summed E-state index contributed by atoms with van der Waals surface area (Å²) in [7, 11) is 0. The van der Waals surface area contributed by atoms with Gasteiger partial charge < -0.3 is 15.4 Å². The molecular formula is C17H33IN4O. The summed E-state index contributed by atoms with van der Waals surface area (Å²) >= 11 is 0. The number of hydrogen-bond acceptors (Lipinski definition) is 3. The van der Waals surface area contributed by atoms with Gasteiger partial charge in [0, 0.05) is 25.7 Å². The molecule has 0 aromatic rings. The molecule has 0 bridgehead atoms. The van der Waals surface area contributed by atoms with Gasteiger partial charge in [0.25, 0.3) is 0 Å². The summed E-state index contributed by atoms with van der Waals surface area (Å²) in [6.07, 6.45) is 9.79. The Morgan fingerprint density at radius 3 is 2.48 bits per heavy atom. The Labute approximate surface area is 158 Å². The molecule has 6 heteroatoms. The van der Waals surface area contributed by atoms with Crippen LogP contribution in [0.2, 0.25) is 0 Å². The van der Waals surface area contributed by atoms with Crippen LogP contribution in [0.3, 0.4) is 0 Å². The van der Waals surface area contributed by atoms with Crippen molar-refractivity contribution in [3.8, 4) is 0 Å². The quantitative estimate of drug-likeness (QED) is 0.418. The van der Waals surface area contributed by atoms with Gasteiger partial charge in [-0.05, 0) is 38.1 Å². The van der Waals surface area contributed by atoms with Crippen molar-refractivity contribution in [2.45, 2.75) is 51.0 Å². The number of rotatable bonds is 4. The second-order valence-electron chi connectivity index (χ2n) is 7.09. The zero-order chi connectivity index (χ0) is 15.2. The fourth-order valence-corrected chi connectivity index (χ4v) is 4.13. The van der Waals surface area contributed by atoms with Crippen molar-refractivity contribution in [2.75, 3.05) is 45.9 Å². The van der Waals surface area contributed by atoms with Gasteiger partial charge in [0.15, 0.2) is 5.96 Å². The minimum Gasteiger partial charge on any atom is -0.378 e. The van der Waals surface area contributed by atoms with Crippen LogP contribution in [-0.2, 0) is 4.74 Å². The maximum atomic E-state index is 6.16. The summed E-state index contributed by atoms with van der Waals surface area (Å²) in [6, 6.07) is 0.613. The first kappa shape index (κ1) is 19.2. The number of nitrogens with two attached hydrogens (primary N) is 1. The zero-order valence-electron chi connectivity index (χ0n) is 14.3. The average molecular weight is 436 g/mol.